The maximum Gasteiger partial charge on any atom is 0.255 e. The van der Waals surface area contributed by atoms with Crippen molar-refractivity contribution in [3.8, 4) is 0 Å². The summed E-state index contributed by atoms with van der Waals surface area (Å²) in [5.41, 5.74) is 2.10. The number of aryl methyl sites for hydroxylation is 1. The molecule has 2 heterocycles. The van der Waals surface area contributed by atoms with Crippen molar-refractivity contribution >= 4 is 11.6 Å². The van der Waals surface area contributed by atoms with Gasteiger partial charge in [0.2, 0.25) is 0 Å². The molecule has 0 radical (unpaired) electrons. The molecule has 3 N–H and O–H groups in total. The number of H-pyrrole nitrogens is 1. The number of hydrogen-bond donors (Lipinski definition) is 3. The lowest BCUT2D eigenvalue weighted by Gasteiger charge is -2.09. The minimum atomic E-state index is -0.205. The SMILES string of the molecule is CNc1cc(C)ncc1C(=O)NCc1ncn[nH]1. The van der Waals surface area contributed by atoms with Crippen LogP contribution in [-0.4, -0.2) is 33.1 Å². The number of aromatic nitrogens is 4. The van der Waals surface area contributed by atoms with E-state index in [4.69, 9.17) is 0 Å². The second kappa shape index (κ2) is 5.26. The highest BCUT2D eigenvalue weighted by atomic mass is 16.1. The molecule has 0 aliphatic carbocycles. The molecule has 7 heteroatoms. The maximum absolute atomic E-state index is 12.0. The van der Waals surface area contributed by atoms with Gasteiger partial charge in [-0.05, 0) is 13.0 Å². The summed E-state index contributed by atoms with van der Waals surface area (Å²) in [6.07, 6.45) is 2.95. The molecule has 0 aromatic carbocycles. The van der Waals surface area contributed by atoms with E-state index in [1.165, 1.54) is 6.33 Å². The van der Waals surface area contributed by atoms with E-state index < -0.39 is 0 Å². The number of anilines is 1. The van der Waals surface area contributed by atoms with Crippen LogP contribution in [0, 0.1) is 6.92 Å². The monoisotopic (exact) mass is 246 g/mol. The number of hydrogen-bond acceptors (Lipinski definition) is 5. The predicted molar refractivity (Wildman–Crippen MR) is 66.1 cm³/mol. The Labute approximate surface area is 104 Å². The highest BCUT2D eigenvalue weighted by Gasteiger charge is 2.11. The zero-order chi connectivity index (χ0) is 13.0. The Hall–Kier alpha value is -2.44. The number of pyridine rings is 1. The summed E-state index contributed by atoms with van der Waals surface area (Å²) in [6, 6.07) is 1.82. The summed E-state index contributed by atoms with van der Waals surface area (Å²) in [7, 11) is 1.77. The van der Waals surface area contributed by atoms with Crippen molar-refractivity contribution in [1.82, 2.24) is 25.5 Å². The van der Waals surface area contributed by atoms with Crippen molar-refractivity contribution in [3.63, 3.8) is 0 Å². The molecule has 0 bridgehead atoms. The van der Waals surface area contributed by atoms with Gasteiger partial charge in [-0.3, -0.25) is 14.9 Å². The van der Waals surface area contributed by atoms with Crippen LogP contribution in [0.3, 0.4) is 0 Å². The molecule has 0 spiro atoms. The van der Waals surface area contributed by atoms with Gasteiger partial charge in [0.05, 0.1) is 17.8 Å². The van der Waals surface area contributed by atoms with Gasteiger partial charge in [-0.15, -0.1) is 0 Å². The minimum absolute atomic E-state index is 0.205. The molecule has 0 atom stereocenters. The number of rotatable bonds is 4. The topological polar surface area (TPSA) is 95.6 Å². The molecular formula is C11H14N6O. The van der Waals surface area contributed by atoms with Gasteiger partial charge in [-0.2, -0.15) is 5.10 Å². The van der Waals surface area contributed by atoms with Gasteiger partial charge >= 0.3 is 0 Å². The standard InChI is InChI=1S/C11H14N6O/c1-7-3-9(12-2)8(4-13-7)11(18)14-5-10-15-6-16-17-10/h3-4,6H,5H2,1-2H3,(H,12,13)(H,14,18)(H,15,16,17). The molecule has 0 unspecified atom stereocenters. The van der Waals surface area contributed by atoms with Crippen molar-refractivity contribution in [2.24, 2.45) is 0 Å². The Kier molecular flexibility index (Phi) is 3.52. The average Bonchev–Trinajstić information content (AvgIpc) is 2.88. The summed E-state index contributed by atoms with van der Waals surface area (Å²) < 4.78 is 0. The second-order valence-corrected chi connectivity index (χ2v) is 3.74. The van der Waals surface area contributed by atoms with Gasteiger partial charge in [-0.25, -0.2) is 4.98 Å². The van der Waals surface area contributed by atoms with Gasteiger partial charge in [0.15, 0.2) is 0 Å². The van der Waals surface area contributed by atoms with E-state index >= 15 is 0 Å². The molecule has 0 fully saturated rings. The molecule has 94 valence electrons. The van der Waals surface area contributed by atoms with E-state index in [-0.39, 0.29) is 5.91 Å². The quantitative estimate of drug-likeness (QED) is 0.729. The predicted octanol–water partition coefficient (Wildman–Crippen LogP) is 0.480. The fraction of sp³-hybridized carbons (Fsp3) is 0.273. The van der Waals surface area contributed by atoms with Gasteiger partial charge < -0.3 is 10.6 Å². The number of aromatic amines is 1. The largest absolute Gasteiger partial charge is 0.387 e. The lowest BCUT2D eigenvalue weighted by Crippen LogP contribution is -2.24. The van der Waals surface area contributed by atoms with Crippen LogP contribution in [0.25, 0.3) is 0 Å². The van der Waals surface area contributed by atoms with E-state index in [0.29, 0.717) is 17.9 Å². The minimum Gasteiger partial charge on any atom is -0.387 e. The Morgan fingerprint density at radius 3 is 2.94 bits per heavy atom. The van der Waals surface area contributed by atoms with Gasteiger partial charge in [0.25, 0.3) is 5.91 Å². The third kappa shape index (κ3) is 2.62. The first-order chi connectivity index (χ1) is 8.70. The molecular weight excluding hydrogens is 232 g/mol. The molecule has 18 heavy (non-hydrogen) atoms. The molecule has 0 aliphatic rings. The zero-order valence-corrected chi connectivity index (χ0v) is 10.2. The third-order valence-electron chi connectivity index (χ3n) is 2.44. The van der Waals surface area contributed by atoms with Crippen LogP contribution < -0.4 is 10.6 Å². The Morgan fingerprint density at radius 2 is 2.28 bits per heavy atom. The van der Waals surface area contributed by atoms with Crippen molar-refractivity contribution in [1.29, 1.82) is 0 Å². The third-order valence-corrected chi connectivity index (χ3v) is 2.44. The van der Waals surface area contributed by atoms with Gasteiger partial charge in [0.1, 0.15) is 12.2 Å². The molecule has 0 saturated carbocycles. The van der Waals surface area contributed by atoms with Crippen LogP contribution in [0.15, 0.2) is 18.6 Å². The molecule has 2 aromatic heterocycles. The summed E-state index contributed by atoms with van der Waals surface area (Å²) in [5.74, 6) is 0.401. The number of nitrogens with one attached hydrogen (secondary N) is 3. The second-order valence-electron chi connectivity index (χ2n) is 3.74. The molecule has 1 amide bonds. The van der Waals surface area contributed by atoms with Crippen molar-refractivity contribution in [3.05, 3.63) is 35.7 Å². The van der Waals surface area contributed by atoms with Crippen LogP contribution in [0.4, 0.5) is 5.69 Å². The molecule has 0 aliphatic heterocycles. The fourth-order valence-corrected chi connectivity index (χ4v) is 1.52. The molecule has 7 nitrogen and oxygen atoms in total. The van der Waals surface area contributed by atoms with Crippen molar-refractivity contribution < 1.29 is 4.79 Å². The summed E-state index contributed by atoms with van der Waals surface area (Å²) in [4.78, 5) is 20.0. The summed E-state index contributed by atoms with van der Waals surface area (Å²) in [6.45, 7) is 2.17. The lowest BCUT2D eigenvalue weighted by atomic mass is 10.2. The Bertz CT molecular complexity index is 536. The van der Waals surface area contributed by atoms with Crippen LogP contribution in [0.1, 0.15) is 21.9 Å². The Balaban J connectivity index is 2.09. The first kappa shape index (κ1) is 12.0. The zero-order valence-electron chi connectivity index (χ0n) is 10.2. The average molecular weight is 246 g/mol. The number of carbonyl (C=O) groups excluding carboxylic acids is 1. The molecule has 0 saturated heterocycles. The lowest BCUT2D eigenvalue weighted by molar-refractivity contribution is 0.0950. The first-order valence-corrected chi connectivity index (χ1v) is 5.47. The van der Waals surface area contributed by atoms with E-state index in [0.717, 1.165) is 11.4 Å². The normalized spacial score (nSPS) is 10.1. The van der Waals surface area contributed by atoms with Gasteiger partial charge in [0, 0.05) is 18.9 Å². The van der Waals surface area contributed by atoms with E-state index in [1.54, 1.807) is 13.2 Å². The van der Waals surface area contributed by atoms with Crippen molar-refractivity contribution in [2.75, 3.05) is 12.4 Å². The Morgan fingerprint density at radius 1 is 1.44 bits per heavy atom. The van der Waals surface area contributed by atoms with Crippen molar-refractivity contribution in [2.45, 2.75) is 13.5 Å². The highest BCUT2D eigenvalue weighted by molar-refractivity contribution is 5.99. The van der Waals surface area contributed by atoms with E-state index in [2.05, 4.69) is 30.8 Å². The summed E-state index contributed by atoms with van der Waals surface area (Å²) in [5, 5.41) is 12.1. The first-order valence-electron chi connectivity index (χ1n) is 5.47. The fourth-order valence-electron chi connectivity index (χ4n) is 1.52. The highest BCUT2D eigenvalue weighted by Crippen LogP contribution is 2.14. The van der Waals surface area contributed by atoms with Crippen LogP contribution in [0.2, 0.25) is 0 Å². The van der Waals surface area contributed by atoms with Gasteiger partial charge in [-0.1, -0.05) is 0 Å². The van der Waals surface area contributed by atoms with Crippen LogP contribution in [-0.2, 0) is 6.54 Å². The summed E-state index contributed by atoms with van der Waals surface area (Å²) >= 11 is 0. The molecule has 2 aromatic rings. The molecule has 2 rings (SSSR count). The van der Waals surface area contributed by atoms with Crippen LogP contribution in [0.5, 0.6) is 0 Å². The maximum atomic E-state index is 12.0. The van der Waals surface area contributed by atoms with E-state index in [9.17, 15) is 4.79 Å². The number of amides is 1. The number of carbonyl (C=O) groups is 1. The number of nitrogens with zero attached hydrogens (tertiary/aromatic N) is 3. The smallest absolute Gasteiger partial charge is 0.255 e. The van der Waals surface area contributed by atoms with E-state index in [1.807, 2.05) is 13.0 Å². The van der Waals surface area contributed by atoms with Crippen LogP contribution >= 0.6 is 0 Å².